The Labute approximate surface area is 204 Å². The number of anilines is 4. The van der Waals surface area contributed by atoms with Gasteiger partial charge in [-0.25, -0.2) is 15.0 Å². The number of nitrogens with two attached hydrogens (primary N) is 1. The number of benzene rings is 1. The van der Waals surface area contributed by atoms with Crippen LogP contribution >= 0.6 is 0 Å². The first-order valence-electron chi connectivity index (χ1n) is 11.7. The summed E-state index contributed by atoms with van der Waals surface area (Å²) in [6.45, 7) is 6.68. The van der Waals surface area contributed by atoms with E-state index in [1.165, 1.54) is 5.69 Å². The average Bonchev–Trinajstić information content (AvgIpc) is 2.84. The van der Waals surface area contributed by atoms with Crippen molar-refractivity contribution in [2.75, 3.05) is 42.7 Å². The lowest BCUT2D eigenvalue weighted by Gasteiger charge is -2.34. The smallest absolute Gasteiger partial charge is 0.219 e. The van der Waals surface area contributed by atoms with Crippen LogP contribution in [0.5, 0.6) is 0 Å². The van der Waals surface area contributed by atoms with Gasteiger partial charge >= 0.3 is 0 Å². The van der Waals surface area contributed by atoms with Crippen molar-refractivity contribution in [3.63, 3.8) is 0 Å². The normalized spacial score (nSPS) is 19.4. The summed E-state index contributed by atoms with van der Waals surface area (Å²) >= 11 is 0. The summed E-state index contributed by atoms with van der Waals surface area (Å²) in [4.78, 5) is 29.4. The number of morpholine rings is 1. The molecule has 0 radical (unpaired) electrons. The lowest BCUT2D eigenvalue weighted by atomic mass is 9.96. The zero-order chi connectivity index (χ0) is 24.5. The Hall–Kier alpha value is -3.98. The highest BCUT2D eigenvalue weighted by molar-refractivity contribution is 5.80. The number of aldehydes is 1. The van der Waals surface area contributed by atoms with E-state index in [-0.39, 0.29) is 12.1 Å². The van der Waals surface area contributed by atoms with Crippen molar-refractivity contribution >= 4 is 35.5 Å². The second-order valence-electron chi connectivity index (χ2n) is 9.00. The third kappa shape index (κ3) is 4.54. The van der Waals surface area contributed by atoms with Gasteiger partial charge in [0.05, 0.1) is 18.4 Å². The van der Waals surface area contributed by atoms with Crippen LogP contribution in [0, 0.1) is 6.92 Å². The maximum Gasteiger partial charge on any atom is 0.219 e. The molecule has 0 aliphatic carbocycles. The van der Waals surface area contributed by atoms with Crippen LogP contribution in [-0.4, -0.2) is 59.0 Å². The highest BCUT2D eigenvalue weighted by Gasteiger charge is 2.26. The van der Waals surface area contributed by atoms with Crippen molar-refractivity contribution in [1.82, 2.24) is 19.9 Å². The summed E-state index contributed by atoms with van der Waals surface area (Å²) in [5.74, 6) is 0.826. The van der Waals surface area contributed by atoms with Gasteiger partial charge in [0, 0.05) is 61.2 Å². The number of pyridine rings is 1. The van der Waals surface area contributed by atoms with E-state index >= 15 is 0 Å². The molecule has 0 saturated carbocycles. The van der Waals surface area contributed by atoms with Crippen molar-refractivity contribution in [3.8, 4) is 11.3 Å². The molecule has 0 spiro atoms. The molecule has 3 N–H and O–H groups in total. The first-order chi connectivity index (χ1) is 16.9. The number of nitrogen functional groups attached to an aromatic ring is 1. The van der Waals surface area contributed by atoms with Crippen LogP contribution in [0.25, 0.3) is 17.3 Å². The second-order valence-corrected chi connectivity index (χ2v) is 9.00. The number of ether oxygens (including phenoxy) is 1. The molecule has 1 aromatic carbocycles. The molecule has 2 aromatic heterocycles. The molecular formula is C26H29N7O2. The van der Waals surface area contributed by atoms with Crippen molar-refractivity contribution in [3.05, 3.63) is 59.5 Å². The Morgan fingerprint density at radius 2 is 2.03 bits per heavy atom. The lowest BCUT2D eigenvalue weighted by molar-refractivity contribution is -0.111. The Kier molecular flexibility index (Phi) is 6.08. The van der Waals surface area contributed by atoms with E-state index in [2.05, 4.69) is 46.2 Å². The van der Waals surface area contributed by atoms with Crippen LogP contribution in [-0.2, 0) is 9.53 Å². The Morgan fingerprint density at radius 1 is 1.23 bits per heavy atom. The number of aryl methyl sites for hydroxylation is 1. The minimum absolute atomic E-state index is 0.206. The quantitative estimate of drug-likeness (QED) is 0.540. The lowest BCUT2D eigenvalue weighted by Crippen LogP contribution is -2.41. The molecule has 1 fully saturated rings. The number of hydrogen-bond donors (Lipinski definition) is 2. The molecule has 9 nitrogen and oxygen atoms in total. The van der Waals surface area contributed by atoms with E-state index in [4.69, 9.17) is 15.5 Å². The van der Waals surface area contributed by atoms with Crippen molar-refractivity contribution < 1.29 is 9.53 Å². The number of nitrogens with zero attached hydrogens (tertiary/aromatic N) is 5. The van der Waals surface area contributed by atoms with Gasteiger partial charge in [-0.3, -0.25) is 0 Å². The van der Waals surface area contributed by atoms with Crippen LogP contribution < -0.4 is 16.0 Å². The van der Waals surface area contributed by atoms with Crippen molar-refractivity contribution in [1.29, 1.82) is 0 Å². The highest BCUT2D eigenvalue weighted by Crippen LogP contribution is 2.37. The number of aromatic nitrogens is 3. The third-order valence-electron chi connectivity index (χ3n) is 6.45. The highest BCUT2D eigenvalue weighted by atomic mass is 16.5. The van der Waals surface area contributed by atoms with E-state index in [0.29, 0.717) is 11.5 Å². The van der Waals surface area contributed by atoms with E-state index in [1.807, 2.05) is 36.4 Å². The molecule has 2 aliphatic heterocycles. The SMILES string of the molecule is Cc1cc(Nc2nc(-c3cnc(N)nc3)cc3c2C(C=O)N(C)C=C3)ccc1N1CCOC(C)C1. The van der Waals surface area contributed by atoms with Crippen molar-refractivity contribution in [2.24, 2.45) is 0 Å². The van der Waals surface area contributed by atoms with Crippen LogP contribution in [0.3, 0.4) is 0 Å². The summed E-state index contributed by atoms with van der Waals surface area (Å²) < 4.78 is 5.69. The second kappa shape index (κ2) is 9.34. The van der Waals surface area contributed by atoms with Gasteiger partial charge in [0.2, 0.25) is 5.95 Å². The number of hydrogen-bond acceptors (Lipinski definition) is 9. The maximum absolute atomic E-state index is 12.0. The van der Waals surface area contributed by atoms with Gasteiger partial charge in [-0.1, -0.05) is 0 Å². The Morgan fingerprint density at radius 3 is 2.74 bits per heavy atom. The zero-order valence-corrected chi connectivity index (χ0v) is 20.1. The monoisotopic (exact) mass is 471 g/mol. The number of fused-ring (bicyclic) bond motifs is 1. The molecule has 2 unspecified atom stereocenters. The van der Waals surface area contributed by atoms with Crippen LogP contribution in [0.4, 0.5) is 23.1 Å². The van der Waals surface area contributed by atoms with Gasteiger partial charge < -0.3 is 30.4 Å². The molecular weight excluding hydrogens is 442 g/mol. The van der Waals surface area contributed by atoms with E-state index in [9.17, 15) is 4.79 Å². The topological polar surface area (TPSA) is 109 Å². The predicted octanol–water partition coefficient (Wildman–Crippen LogP) is 3.55. The van der Waals surface area contributed by atoms with Crippen LogP contribution in [0.15, 0.2) is 42.9 Å². The zero-order valence-electron chi connectivity index (χ0n) is 20.1. The molecule has 1 saturated heterocycles. The summed E-state index contributed by atoms with van der Waals surface area (Å²) in [6, 6.07) is 7.79. The summed E-state index contributed by atoms with van der Waals surface area (Å²) in [7, 11) is 1.88. The standard InChI is InChI=1S/C26H29N7O2/c1-16-10-20(4-5-22(16)33-8-9-35-17(2)14-33)30-25-24-18(6-7-32(3)23(24)15-34)11-21(31-25)19-12-28-26(27)29-13-19/h4-7,10-13,15,17,23H,8-9,14H2,1-3H3,(H,30,31)(H2,27,28,29). The van der Waals surface area contributed by atoms with E-state index in [1.54, 1.807) is 12.4 Å². The van der Waals surface area contributed by atoms with Crippen molar-refractivity contribution in [2.45, 2.75) is 26.0 Å². The van der Waals surface area contributed by atoms with Gasteiger partial charge in [0.15, 0.2) is 0 Å². The predicted molar refractivity (Wildman–Crippen MR) is 137 cm³/mol. The molecule has 5 rings (SSSR count). The fourth-order valence-corrected chi connectivity index (χ4v) is 4.66. The Bertz CT molecular complexity index is 1280. The van der Waals surface area contributed by atoms with Gasteiger partial charge in [0.1, 0.15) is 18.1 Å². The maximum atomic E-state index is 12.0. The van der Waals surface area contributed by atoms with Crippen LogP contribution in [0.1, 0.15) is 29.7 Å². The minimum atomic E-state index is -0.447. The number of nitrogens with one attached hydrogen (secondary N) is 1. The molecule has 2 atom stereocenters. The first-order valence-corrected chi connectivity index (χ1v) is 11.7. The molecule has 2 aliphatic rings. The van der Waals surface area contributed by atoms with E-state index in [0.717, 1.165) is 53.9 Å². The number of carbonyl (C=O) groups excluding carboxylic acids is 1. The molecule has 4 heterocycles. The number of rotatable bonds is 5. The number of carbonyl (C=O) groups is 1. The molecule has 180 valence electrons. The number of likely N-dealkylation sites (N-methyl/N-ethyl adjacent to an activating group) is 1. The third-order valence-corrected chi connectivity index (χ3v) is 6.45. The fraction of sp³-hybridized carbons (Fsp3) is 0.308. The van der Waals surface area contributed by atoms with Crippen LogP contribution in [0.2, 0.25) is 0 Å². The average molecular weight is 472 g/mol. The van der Waals surface area contributed by atoms with Gasteiger partial charge in [-0.15, -0.1) is 0 Å². The largest absolute Gasteiger partial charge is 0.375 e. The molecule has 0 bridgehead atoms. The van der Waals surface area contributed by atoms with E-state index < -0.39 is 6.04 Å². The molecule has 3 aromatic rings. The first kappa shape index (κ1) is 22.8. The molecule has 35 heavy (non-hydrogen) atoms. The molecule has 9 heteroatoms. The summed E-state index contributed by atoms with van der Waals surface area (Å²) in [5.41, 5.74) is 12.1. The Balaban J connectivity index is 1.54. The van der Waals surface area contributed by atoms with Gasteiger partial charge in [0.25, 0.3) is 0 Å². The summed E-state index contributed by atoms with van der Waals surface area (Å²) in [6.07, 6.45) is 8.34. The van der Waals surface area contributed by atoms with Gasteiger partial charge in [-0.2, -0.15) is 0 Å². The minimum Gasteiger partial charge on any atom is -0.375 e. The van der Waals surface area contributed by atoms with Gasteiger partial charge in [-0.05, 0) is 55.3 Å². The summed E-state index contributed by atoms with van der Waals surface area (Å²) in [5, 5.41) is 3.48. The fourth-order valence-electron chi connectivity index (χ4n) is 4.66. The molecule has 0 amide bonds.